The molecule has 0 saturated carbocycles. The molecule has 4 heterocycles. The number of fused-ring (bicyclic) bond motifs is 18. The van der Waals surface area contributed by atoms with Crippen LogP contribution in [-0.4, -0.2) is 9.13 Å². The van der Waals surface area contributed by atoms with E-state index in [0.29, 0.717) is 0 Å². The van der Waals surface area contributed by atoms with Gasteiger partial charge < -0.3 is 9.13 Å². The molecule has 0 radical (unpaired) electrons. The Balaban J connectivity index is 1.29. The Morgan fingerprint density at radius 3 is 1.13 bits per heavy atom. The van der Waals surface area contributed by atoms with Gasteiger partial charge in [0.15, 0.2) is 0 Å². The summed E-state index contributed by atoms with van der Waals surface area (Å²) in [6, 6.07) is 56.6. The molecule has 0 amide bonds. The van der Waals surface area contributed by atoms with Crippen molar-refractivity contribution in [1.82, 2.24) is 9.13 Å². The molecule has 78 heavy (non-hydrogen) atoms. The Morgan fingerprint density at radius 2 is 0.705 bits per heavy atom. The summed E-state index contributed by atoms with van der Waals surface area (Å²) in [5.74, 6) is 0. The summed E-state index contributed by atoms with van der Waals surface area (Å²) in [7, 11) is -1.16. The number of benzene rings is 11. The van der Waals surface area contributed by atoms with Gasteiger partial charge in [-0.2, -0.15) is 10.9 Å². The Hall–Kier alpha value is -7.07. The summed E-state index contributed by atoms with van der Waals surface area (Å²) < 4.78 is 5.61. The molecular weight excluding hydrogens is 961 g/mol. The van der Waals surface area contributed by atoms with Crippen molar-refractivity contribution in [2.45, 2.75) is 153 Å². The number of hydrogen-bond donors (Lipinski definition) is 1. The van der Waals surface area contributed by atoms with Crippen LogP contribution in [0.5, 0.6) is 0 Å². The number of thiol groups is 1. The molecule has 2 aromatic heterocycles. The van der Waals surface area contributed by atoms with E-state index in [9.17, 15) is 0 Å². The first kappa shape index (κ1) is 48.1. The minimum absolute atomic E-state index is 0.0224. The smallest absolute Gasteiger partial charge is 0.0694 e. The fourth-order valence-corrected chi connectivity index (χ4v) is 17.3. The second kappa shape index (κ2) is 15.2. The van der Waals surface area contributed by atoms with Crippen molar-refractivity contribution < 1.29 is 0 Å². The van der Waals surface area contributed by atoms with Crippen LogP contribution >= 0.6 is 10.9 Å². The molecule has 11 aromatic carbocycles. The van der Waals surface area contributed by atoms with Gasteiger partial charge in [0.25, 0.3) is 0 Å². The monoisotopic (exact) mass is 1030 g/mol. The van der Waals surface area contributed by atoms with E-state index in [1.807, 2.05) is 0 Å². The van der Waals surface area contributed by atoms with Crippen molar-refractivity contribution in [3.63, 3.8) is 0 Å². The zero-order valence-electron chi connectivity index (χ0n) is 48.6. The van der Waals surface area contributed by atoms with Gasteiger partial charge in [0.1, 0.15) is 0 Å². The number of aryl methyl sites for hydroxylation is 2. The maximum atomic E-state index is 2.81. The lowest BCUT2D eigenvalue weighted by atomic mass is 9.75. The van der Waals surface area contributed by atoms with Crippen molar-refractivity contribution in [1.29, 1.82) is 0 Å². The highest BCUT2D eigenvalue weighted by Crippen LogP contribution is 2.70. The van der Waals surface area contributed by atoms with Crippen molar-refractivity contribution >= 4 is 108 Å². The molecule has 0 atom stereocenters. The molecule has 0 aliphatic carbocycles. The zero-order chi connectivity index (χ0) is 54.4. The minimum Gasteiger partial charge on any atom is -0.306 e. The highest BCUT2D eigenvalue weighted by atomic mass is 32.2. The van der Waals surface area contributed by atoms with Gasteiger partial charge in [-0.3, -0.25) is 0 Å². The maximum absolute atomic E-state index is 2.81. The normalized spacial score (nSPS) is 14.6. The SMILES string of the molecule is Cc1ccc2c(c1)c1c3c4c(c5c6cc(C)ccc6c6cc(C(C)(C)c7ccccc7)cc2c6c15)-n1c2ccc(C(C)(C)C)cc2c2cc(C(C)(C)C)cc(c21)[SH]4c1cc(C(C)(C)C)cc2c4cc(C(C)(C)C)ccc4n-3c12. The number of rotatable bonds is 2. The van der Waals surface area contributed by atoms with Crippen LogP contribution in [0.1, 0.15) is 141 Å². The van der Waals surface area contributed by atoms with Crippen LogP contribution in [0.3, 0.4) is 0 Å². The van der Waals surface area contributed by atoms with E-state index in [1.165, 1.54) is 168 Å². The summed E-state index contributed by atoms with van der Waals surface area (Å²) in [4.78, 5) is 4.45. The fourth-order valence-electron chi connectivity index (χ4n) is 14.3. The standard InChI is InChI=1S/C75H72N2S/c1-40-22-26-48-52(30-40)63-65-62-54(48)36-47(75(15,16)42-20-18-17-19-21-42)37-55(62)49-27-23-41(2)31-53(49)64(65)69-70-68(63)76-58-28-24-43(71(3,4)5)32-50(58)56-34-45(73(9,10)11)38-60(66(56)76)78(70)61-39-46(74(12,13)14)35-57-51-33-44(72(6,7)8)25-29-59(51)77(69)67(57)61/h17-39,78H,1-16H3. The van der Waals surface area contributed by atoms with Gasteiger partial charge in [-0.15, -0.1) is 0 Å². The van der Waals surface area contributed by atoms with Crippen LogP contribution in [-0.2, 0) is 27.1 Å². The molecule has 3 heteroatoms. The van der Waals surface area contributed by atoms with Crippen LogP contribution in [0.4, 0.5) is 0 Å². The molecule has 0 saturated heterocycles. The second-order valence-electron chi connectivity index (χ2n) is 28.5. The predicted molar refractivity (Wildman–Crippen MR) is 340 cm³/mol. The van der Waals surface area contributed by atoms with E-state index < -0.39 is 10.9 Å². The van der Waals surface area contributed by atoms with E-state index in [-0.39, 0.29) is 27.1 Å². The van der Waals surface area contributed by atoms with E-state index in [2.05, 4.69) is 259 Å². The lowest BCUT2D eigenvalue weighted by Gasteiger charge is -2.41. The second-order valence-corrected chi connectivity index (χ2v) is 30.5. The molecule has 0 spiro atoms. The van der Waals surface area contributed by atoms with E-state index in [4.69, 9.17) is 0 Å². The number of hydrogen-bond acceptors (Lipinski definition) is 0. The van der Waals surface area contributed by atoms with Crippen LogP contribution in [0.25, 0.3) is 109 Å². The molecule has 13 aromatic rings. The van der Waals surface area contributed by atoms with Crippen LogP contribution in [0, 0.1) is 13.8 Å². The number of aromatic nitrogens is 2. The summed E-state index contributed by atoms with van der Waals surface area (Å²) in [6.45, 7) is 38.2. The first-order valence-corrected chi connectivity index (χ1v) is 29.9. The maximum Gasteiger partial charge on any atom is 0.0694 e. The van der Waals surface area contributed by atoms with Gasteiger partial charge in [0, 0.05) is 57.8 Å². The Morgan fingerprint density at radius 1 is 0.308 bits per heavy atom. The van der Waals surface area contributed by atoms with Gasteiger partial charge in [0.05, 0.1) is 33.4 Å². The van der Waals surface area contributed by atoms with E-state index >= 15 is 0 Å². The first-order valence-electron chi connectivity index (χ1n) is 28.6. The molecule has 388 valence electrons. The Kier molecular flexibility index (Phi) is 9.36. The topological polar surface area (TPSA) is 9.86 Å². The number of nitrogens with zero attached hydrogens (tertiary/aromatic N) is 2. The van der Waals surface area contributed by atoms with E-state index in [1.54, 1.807) is 0 Å². The highest BCUT2D eigenvalue weighted by molar-refractivity contribution is 8.17. The lowest BCUT2D eigenvalue weighted by molar-refractivity contribution is 0.589. The first-order chi connectivity index (χ1) is 36.8. The van der Waals surface area contributed by atoms with Crippen molar-refractivity contribution in [3.05, 3.63) is 184 Å². The minimum atomic E-state index is -1.16. The summed E-state index contributed by atoms with van der Waals surface area (Å²) in [6.07, 6.45) is 0. The van der Waals surface area contributed by atoms with Crippen LogP contribution in [0.2, 0.25) is 0 Å². The largest absolute Gasteiger partial charge is 0.306 e. The van der Waals surface area contributed by atoms with Gasteiger partial charge in [-0.1, -0.05) is 187 Å². The average molecular weight is 1030 g/mol. The van der Waals surface area contributed by atoms with Crippen molar-refractivity contribution in [3.8, 4) is 11.4 Å². The third kappa shape index (κ3) is 6.29. The van der Waals surface area contributed by atoms with Crippen molar-refractivity contribution in [2.75, 3.05) is 0 Å². The zero-order valence-corrected chi connectivity index (χ0v) is 49.5. The van der Waals surface area contributed by atoms with Crippen LogP contribution < -0.4 is 0 Å². The molecular formula is C75H72N2S. The molecule has 2 aliphatic rings. The van der Waals surface area contributed by atoms with Gasteiger partial charge >= 0.3 is 0 Å². The van der Waals surface area contributed by atoms with Crippen LogP contribution in [0.15, 0.2) is 154 Å². The third-order valence-electron chi connectivity index (χ3n) is 18.8. The summed E-state index contributed by atoms with van der Waals surface area (Å²) in [5, 5.41) is 19.0. The quantitative estimate of drug-likeness (QED) is 0.100. The van der Waals surface area contributed by atoms with Gasteiger partial charge in [0.2, 0.25) is 0 Å². The molecule has 0 unspecified atom stereocenters. The molecule has 0 bridgehead atoms. The van der Waals surface area contributed by atoms with Crippen molar-refractivity contribution in [2.24, 2.45) is 0 Å². The molecule has 2 aliphatic heterocycles. The van der Waals surface area contributed by atoms with Gasteiger partial charge in [-0.25, -0.2) is 0 Å². The predicted octanol–water partition coefficient (Wildman–Crippen LogP) is 21.3. The molecule has 0 N–H and O–H groups in total. The molecule has 15 rings (SSSR count). The average Bonchev–Trinajstić information content (AvgIpc) is 3.55. The molecule has 0 fully saturated rings. The van der Waals surface area contributed by atoms with E-state index in [0.717, 1.165) is 0 Å². The Bertz CT molecular complexity index is 4580. The fraction of sp³-hybridized carbons (Fsp3) is 0.280. The van der Waals surface area contributed by atoms with Gasteiger partial charge in [-0.05, 0) is 167 Å². The highest BCUT2D eigenvalue weighted by Gasteiger charge is 2.42. The lowest BCUT2D eigenvalue weighted by Crippen LogP contribution is -2.19. The summed E-state index contributed by atoms with van der Waals surface area (Å²) in [5.41, 5.74) is 18.4. The Labute approximate surface area is 462 Å². The molecule has 2 nitrogen and oxygen atoms in total. The third-order valence-corrected chi connectivity index (χ3v) is 21.3. The summed E-state index contributed by atoms with van der Waals surface area (Å²) >= 11 is 0.